The van der Waals surface area contributed by atoms with Gasteiger partial charge in [-0.2, -0.15) is 0 Å². The van der Waals surface area contributed by atoms with Gasteiger partial charge in [-0.15, -0.1) is 0 Å². The summed E-state index contributed by atoms with van der Waals surface area (Å²) in [5.74, 6) is 1.67. The van der Waals surface area contributed by atoms with E-state index in [4.69, 9.17) is 4.98 Å². The lowest BCUT2D eigenvalue weighted by atomic mass is 9.88. The van der Waals surface area contributed by atoms with Gasteiger partial charge >= 0.3 is 0 Å². The molecule has 0 aromatic carbocycles. The molecule has 1 aromatic rings. The molecule has 1 aliphatic rings. The highest BCUT2D eigenvalue weighted by molar-refractivity contribution is 5.11. The van der Waals surface area contributed by atoms with E-state index in [9.17, 15) is 0 Å². The first-order chi connectivity index (χ1) is 9.69. The first-order valence-corrected chi connectivity index (χ1v) is 8.07. The van der Waals surface area contributed by atoms with Crippen molar-refractivity contribution in [2.75, 3.05) is 19.6 Å². The molecule has 1 aromatic heterocycles. The average molecular weight is 275 g/mol. The number of pyridine rings is 1. The van der Waals surface area contributed by atoms with E-state index < -0.39 is 0 Å². The van der Waals surface area contributed by atoms with Gasteiger partial charge < -0.3 is 5.32 Å². The van der Waals surface area contributed by atoms with Crippen LogP contribution in [0.1, 0.15) is 45.0 Å². The van der Waals surface area contributed by atoms with Gasteiger partial charge in [0, 0.05) is 19.6 Å². The van der Waals surface area contributed by atoms with Crippen LogP contribution in [-0.4, -0.2) is 29.5 Å². The molecule has 0 bridgehead atoms. The smallest absolute Gasteiger partial charge is 0.0547 e. The second-order valence-electron chi connectivity index (χ2n) is 6.28. The summed E-state index contributed by atoms with van der Waals surface area (Å²) in [7, 11) is 0. The third-order valence-electron chi connectivity index (χ3n) is 4.40. The van der Waals surface area contributed by atoms with Crippen LogP contribution in [0.15, 0.2) is 18.2 Å². The molecule has 1 N–H and O–H groups in total. The molecule has 1 fully saturated rings. The van der Waals surface area contributed by atoms with Gasteiger partial charge in [0.25, 0.3) is 0 Å². The monoisotopic (exact) mass is 275 g/mol. The summed E-state index contributed by atoms with van der Waals surface area (Å²) in [5, 5.41) is 3.42. The Morgan fingerprint density at radius 1 is 1.25 bits per heavy atom. The molecule has 2 heterocycles. The normalized spacial score (nSPS) is 23.9. The topological polar surface area (TPSA) is 28.2 Å². The van der Waals surface area contributed by atoms with E-state index in [-0.39, 0.29) is 0 Å². The van der Waals surface area contributed by atoms with E-state index in [1.807, 2.05) is 0 Å². The van der Waals surface area contributed by atoms with Crippen molar-refractivity contribution in [3.63, 3.8) is 0 Å². The predicted molar refractivity (Wildman–Crippen MR) is 84.5 cm³/mol. The first kappa shape index (κ1) is 15.5. The third-order valence-corrected chi connectivity index (χ3v) is 4.40. The van der Waals surface area contributed by atoms with Crippen molar-refractivity contribution in [1.29, 1.82) is 0 Å². The summed E-state index contributed by atoms with van der Waals surface area (Å²) in [6.07, 6.45) is 2.49. The average Bonchev–Trinajstić information content (AvgIpc) is 2.44. The lowest BCUT2D eigenvalue weighted by molar-refractivity contribution is 0.131. The number of nitrogens with zero attached hydrogens (tertiary/aromatic N) is 2. The van der Waals surface area contributed by atoms with Gasteiger partial charge in [-0.05, 0) is 49.9 Å². The van der Waals surface area contributed by atoms with Crippen molar-refractivity contribution in [2.24, 2.45) is 11.8 Å². The largest absolute Gasteiger partial charge is 0.311 e. The van der Waals surface area contributed by atoms with Crippen molar-refractivity contribution in [3.05, 3.63) is 29.6 Å². The summed E-state index contributed by atoms with van der Waals surface area (Å²) in [6, 6.07) is 6.42. The molecule has 2 atom stereocenters. The van der Waals surface area contributed by atoms with Gasteiger partial charge in [0.1, 0.15) is 0 Å². The quantitative estimate of drug-likeness (QED) is 0.809. The Balaban J connectivity index is 1.87. The minimum absolute atomic E-state index is 0.804. The number of hydrogen-bond donors (Lipinski definition) is 1. The summed E-state index contributed by atoms with van der Waals surface area (Å²) >= 11 is 0. The Morgan fingerprint density at radius 2 is 2.05 bits per heavy atom. The van der Waals surface area contributed by atoms with Crippen LogP contribution in [0, 0.1) is 11.8 Å². The number of nitrogens with one attached hydrogen (secondary N) is 1. The number of likely N-dealkylation sites (tertiary alicyclic amines) is 1. The lowest BCUT2D eigenvalue weighted by Crippen LogP contribution is -2.38. The van der Waals surface area contributed by atoms with E-state index in [2.05, 4.69) is 49.2 Å². The van der Waals surface area contributed by atoms with E-state index in [0.29, 0.717) is 0 Å². The molecule has 0 aliphatic carbocycles. The summed E-state index contributed by atoms with van der Waals surface area (Å²) in [5.41, 5.74) is 2.37. The Labute approximate surface area is 123 Å². The zero-order valence-corrected chi connectivity index (χ0v) is 13.2. The lowest BCUT2D eigenvalue weighted by Gasteiger charge is -2.35. The zero-order valence-electron chi connectivity index (χ0n) is 13.2. The highest BCUT2D eigenvalue weighted by Crippen LogP contribution is 2.23. The number of rotatable bonds is 6. The second kappa shape index (κ2) is 7.75. The van der Waals surface area contributed by atoms with Crippen LogP contribution in [0.3, 0.4) is 0 Å². The fourth-order valence-corrected chi connectivity index (χ4v) is 2.83. The van der Waals surface area contributed by atoms with Gasteiger partial charge in [-0.1, -0.05) is 26.8 Å². The molecular weight excluding hydrogens is 246 g/mol. The van der Waals surface area contributed by atoms with Crippen molar-refractivity contribution < 1.29 is 0 Å². The maximum absolute atomic E-state index is 4.78. The number of piperidine rings is 1. The molecular formula is C17H29N3. The zero-order chi connectivity index (χ0) is 14.4. The summed E-state index contributed by atoms with van der Waals surface area (Å²) in [4.78, 5) is 7.33. The minimum atomic E-state index is 0.804. The summed E-state index contributed by atoms with van der Waals surface area (Å²) < 4.78 is 0. The van der Waals surface area contributed by atoms with Gasteiger partial charge in [-0.25, -0.2) is 0 Å². The van der Waals surface area contributed by atoms with Gasteiger partial charge in [-0.3, -0.25) is 9.88 Å². The molecule has 20 heavy (non-hydrogen) atoms. The van der Waals surface area contributed by atoms with Crippen molar-refractivity contribution >= 4 is 0 Å². The van der Waals surface area contributed by atoms with Gasteiger partial charge in [0.15, 0.2) is 0 Å². The van der Waals surface area contributed by atoms with Gasteiger partial charge in [0.2, 0.25) is 0 Å². The number of aromatic nitrogens is 1. The van der Waals surface area contributed by atoms with Crippen molar-refractivity contribution in [1.82, 2.24) is 15.2 Å². The number of hydrogen-bond acceptors (Lipinski definition) is 3. The second-order valence-corrected chi connectivity index (χ2v) is 6.28. The van der Waals surface area contributed by atoms with Crippen LogP contribution in [0.5, 0.6) is 0 Å². The Kier molecular flexibility index (Phi) is 5.99. The Bertz CT molecular complexity index is 405. The molecule has 1 saturated heterocycles. The summed E-state index contributed by atoms with van der Waals surface area (Å²) in [6.45, 7) is 12.3. The first-order valence-electron chi connectivity index (χ1n) is 8.07. The molecule has 0 radical (unpaired) electrons. The van der Waals surface area contributed by atoms with Crippen LogP contribution in [0.25, 0.3) is 0 Å². The fraction of sp³-hybridized carbons (Fsp3) is 0.706. The molecule has 0 amide bonds. The SMILES string of the molecule is CCCNCc1cccc(CN2CCC(C)C(C)C2)n1. The Hall–Kier alpha value is -0.930. The van der Waals surface area contributed by atoms with Gasteiger partial charge in [0.05, 0.1) is 11.4 Å². The molecule has 1 aliphatic heterocycles. The van der Waals surface area contributed by atoms with E-state index in [0.717, 1.165) is 37.2 Å². The van der Waals surface area contributed by atoms with Crippen LogP contribution >= 0.6 is 0 Å². The van der Waals surface area contributed by atoms with Crippen LogP contribution in [0.2, 0.25) is 0 Å². The van der Waals surface area contributed by atoms with E-state index in [1.54, 1.807) is 0 Å². The molecule has 2 unspecified atom stereocenters. The standard InChI is InChI=1S/C17H29N3/c1-4-9-18-11-16-6-5-7-17(19-16)13-20-10-8-14(2)15(3)12-20/h5-7,14-15,18H,4,8-13H2,1-3H3. The molecule has 0 spiro atoms. The molecule has 112 valence electrons. The molecule has 3 heteroatoms. The molecule has 0 saturated carbocycles. The maximum atomic E-state index is 4.78. The van der Waals surface area contributed by atoms with Crippen molar-refractivity contribution in [2.45, 2.75) is 46.7 Å². The van der Waals surface area contributed by atoms with Crippen LogP contribution < -0.4 is 5.32 Å². The van der Waals surface area contributed by atoms with Crippen LogP contribution in [0.4, 0.5) is 0 Å². The van der Waals surface area contributed by atoms with Crippen LogP contribution in [-0.2, 0) is 13.1 Å². The molecule has 2 rings (SSSR count). The van der Waals surface area contributed by atoms with E-state index >= 15 is 0 Å². The Morgan fingerprint density at radius 3 is 2.80 bits per heavy atom. The fourth-order valence-electron chi connectivity index (χ4n) is 2.83. The predicted octanol–water partition coefficient (Wildman–Crippen LogP) is 3.06. The molecule has 3 nitrogen and oxygen atoms in total. The highest BCUT2D eigenvalue weighted by atomic mass is 15.1. The minimum Gasteiger partial charge on any atom is -0.311 e. The third kappa shape index (κ3) is 4.57. The highest BCUT2D eigenvalue weighted by Gasteiger charge is 2.22. The van der Waals surface area contributed by atoms with E-state index in [1.165, 1.54) is 31.6 Å². The van der Waals surface area contributed by atoms with Crippen molar-refractivity contribution in [3.8, 4) is 0 Å². The maximum Gasteiger partial charge on any atom is 0.0547 e.